The summed E-state index contributed by atoms with van der Waals surface area (Å²) >= 11 is 0. The number of benzene rings is 1. The number of hydrogen-bond donors (Lipinski definition) is 2. The number of carbonyl (C=O) groups excluding carboxylic acids is 1. The number of aryl methyl sites for hydroxylation is 1. The van der Waals surface area contributed by atoms with E-state index >= 15 is 0 Å². The molecule has 2 rings (SSSR count). The van der Waals surface area contributed by atoms with Crippen LogP contribution in [-0.4, -0.2) is 12.5 Å². The molecule has 1 atom stereocenters. The van der Waals surface area contributed by atoms with Gasteiger partial charge >= 0.3 is 0 Å². The monoisotopic (exact) mass is 220 g/mol. The minimum Gasteiger partial charge on any atom is -0.484 e. The second-order valence-electron chi connectivity index (χ2n) is 4.11. The number of rotatable bonds is 3. The number of amides is 1. The molecular formula is C12H16N2O2. The third kappa shape index (κ3) is 2.33. The predicted octanol–water partition coefficient (Wildman–Crippen LogP) is 0.887. The summed E-state index contributed by atoms with van der Waals surface area (Å²) in [5, 5.41) is 0. The topological polar surface area (TPSA) is 78.3 Å². The maximum absolute atomic E-state index is 10.6. The van der Waals surface area contributed by atoms with Crippen LogP contribution in [0.4, 0.5) is 0 Å². The molecule has 4 N–H and O–H groups in total. The SMILES string of the molecule is NC(=O)COc1ccc2c(c1)[C@@H](N)CCC2. The van der Waals surface area contributed by atoms with Crippen LogP contribution in [0.3, 0.4) is 0 Å². The number of primary amides is 1. The molecule has 1 aromatic rings. The molecule has 0 radical (unpaired) electrons. The van der Waals surface area contributed by atoms with Crippen molar-refractivity contribution in [1.82, 2.24) is 0 Å². The maximum atomic E-state index is 10.6. The minimum atomic E-state index is -0.470. The van der Waals surface area contributed by atoms with Crippen molar-refractivity contribution in [1.29, 1.82) is 0 Å². The summed E-state index contributed by atoms with van der Waals surface area (Å²) < 4.78 is 5.25. The van der Waals surface area contributed by atoms with Gasteiger partial charge in [0.2, 0.25) is 0 Å². The Labute approximate surface area is 94.6 Å². The fourth-order valence-corrected chi connectivity index (χ4v) is 2.06. The summed E-state index contributed by atoms with van der Waals surface area (Å²) in [5.74, 6) is 0.192. The van der Waals surface area contributed by atoms with Crippen molar-refractivity contribution in [3.8, 4) is 5.75 Å². The first-order valence-electron chi connectivity index (χ1n) is 5.46. The van der Waals surface area contributed by atoms with E-state index in [-0.39, 0.29) is 12.6 Å². The molecule has 1 aliphatic rings. The Morgan fingerprint density at radius 2 is 2.31 bits per heavy atom. The summed E-state index contributed by atoms with van der Waals surface area (Å²) in [6, 6.07) is 5.88. The number of fused-ring (bicyclic) bond motifs is 1. The lowest BCUT2D eigenvalue weighted by molar-refractivity contribution is -0.119. The Hall–Kier alpha value is -1.55. The molecule has 0 spiro atoms. The van der Waals surface area contributed by atoms with Crippen LogP contribution < -0.4 is 16.2 Å². The second kappa shape index (κ2) is 4.53. The van der Waals surface area contributed by atoms with Gasteiger partial charge in [-0.15, -0.1) is 0 Å². The van der Waals surface area contributed by atoms with Crippen LogP contribution in [0.2, 0.25) is 0 Å². The van der Waals surface area contributed by atoms with E-state index in [0.717, 1.165) is 24.8 Å². The van der Waals surface area contributed by atoms with Crippen molar-refractivity contribution < 1.29 is 9.53 Å². The zero-order valence-corrected chi connectivity index (χ0v) is 9.11. The Bertz CT molecular complexity index is 404. The lowest BCUT2D eigenvalue weighted by Crippen LogP contribution is -2.21. The summed E-state index contributed by atoms with van der Waals surface area (Å²) in [7, 11) is 0. The molecule has 86 valence electrons. The van der Waals surface area contributed by atoms with Crippen LogP contribution in [0.15, 0.2) is 18.2 Å². The number of ether oxygens (including phenoxy) is 1. The van der Waals surface area contributed by atoms with Crippen LogP contribution in [0.5, 0.6) is 5.75 Å². The van der Waals surface area contributed by atoms with E-state index in [0.29, 0.717) is 5.75 Å². The highest BCUT2D eigenvalue weighted by molar-refractivity contribution is 5.75. The maximum Gasteiger partial charge on any atom is 0.255 e. The second-order valence-corrected chi connectivity index (χ2v) is 4.11. The molecule has 0 heterocycles. The van der Waals surface area contributed by atoms with Gasteiger partial charge in [0.05, 0.1) is 0 Å². The molecule has 0 fully saturated rings. The van der Waals surface area contributed by atoms with Gasteiger partial charge in [-0.3, -0.25) is 4.79 Å². The summed E-state index contributed by atoms with van der Waals surface area (Å²) in [6.07, 6.45) is 3.21. The molecule has 1 amide bonds. The van der Waals surface area contributed by atoms with E-state index in [1.807, 2.05) is 18.2 Å². The van der Waals surface area contributed by atoms with Gasteiger partial charge in [-0.1, -0.05) is 6.07 Å². The molecule has 0 bridgehead atoms. The molecule has 1 aliphatic carbocycles. The van der Waals surface area contributed by atoms with Gasteiger partial charge in [-0.2, -0.15) is 0 Å². The van der Waals surface area contributed by atoms with Crippen LogP contribution >= 0.6 is 0 Å². The van der Waals surface area contributed by atoms with Crippen LogP contribution in [0, 0.1) is 0 Å². The highest BCUT2D eigenvalue weighted by atomic mass is 16.5. The third-order valence-electron chi connectivity index (χ3n) is 2.86. The zero-order valence-electron chi connectivity index (χ0n) is 9.11. The van der Waals surface area contributed by atoms with E-state index in [2.05, 4.69) is 0 Å². The van der Waals surface area contributed by atoms with E-state index in [9.17, 15) is 4.79 Å². The number of hydrogen-bond acceptors (Lipinski definition) is 3. The van der Waals surface area contributed by atoms with Gasteiger partial charge < -0.3 is 16.2 Å². The zero-order chi connectivity index (χ0) is 11.5. The Morgan fingerprint density at radius 3 is 3.06 bits per heavy atom. The smallest absolute Gasteiger partial charge is 0.255 e. The Kier molecular flexibility index (Phi) is 3.10. The van der Waals surface area contributed by atoms with Gasteiger partial charge in [0.15, 0.2) is 6.61 Å². The van der Waals surface area contributed by atoms with E-state index in [4.69, 9.17) is 16.2 Å². The quantitative estimate of drug-likeness (QED) is 0.794. The van der Waals surface area contributed by atoms with Crippen molar-refractivity contribution in [2.45, 2.75) is 25.3 Å². The van der Waals surface area contributed by atoms with E-state index < -0.39 is 5.91 Å². The van der Waals surface area contributed by atoms with Crippen molar-refractivity contribution in [3.63, 3.8) is 0 Å². The van der Waals surface area contributed by atoms with Gasteiger partial charge in [-0.25, -0.2) is 0 Å². The molecule has 16 heavy (non-hydrogen) atoms. The van der Waals surface area contributed by atoms with Crippen molar-refractivity contribution in [2.24, 2.45) is 11.5 Å². The van der Waals surface area contributed by atoms with Crippen LogP contribution in [0.1, 0.15) is 30.0 Å². The van der Waals surface area contributed by atoms with Gasteiger partial charge in [-0.05, 0) is 42.5 Å². The molecule has 0 aromatic heterocycles. The molecule has 0 saturated heterocycles. The number of nitrogens with two attached hydrogens (primary N) is 2. The first kappa shape index (κ1) is 11.0. The van der Waals surface area contributed by atoms with Gasteiger partial charge in [0, 0.05) is 6.04 Å². The van der Waals surface area contributed by atoms with Gasteiger partial charge in [0.25, 0.3) is 5.91 Å². The fourth-order valence-electron chi connectivity index (χ4n) is 2.06. The standard InChI is InChI=1S/C12H16N2O2/c13-11-3-1-2-8-4-5-9(6-10(8)11)16-7-12(14)15/h4-6,11H,1-3,7,13H2,(H2,14,15)/t11-/m0/s1. The molecule has 0 unspecified atom stereocenters. The Balaban J connectivity index is 2.17. The normalized spacial score (nSPS) is 18.9. The molecule has 4 heteroatoms. The average Bonchev–Trinajstić information content (AvgIpc) is 2.27. The lowest BCUT2D eigenvalue weighted by Gasteiger charge is -2.22. The highest BCUT2D eigenvalue weighted by Gasteiger charge is 2.17. The molecular weight excluding hydrogens is 204 g/mol. The van der Waals surface area contributed by atoms with Crippen LogP contribution in [-0.2, 0) is 11.2 Å². The molecule has 1 aromatic carbocycles. The predicted molar refractivity (Wildman–Crippen MR) is 61.0 cm³/mol. The molecule has 0 saturated carbocycles. The minimum absolute atomic E-state index is 0.0841. The van der Waals surface area contributed by atoms with Crippen LogP contribution in [0.25, 0.3) is 0 Å². The Morgan fingerprint density at radius 1 is 1.50 bits per heavy atom. The van der Waals surface area contributed by atoms with E-state index in [1.165, 1.54) is 5.56 Å². The van der Waals surface area contributed by atoms with E-state index in [1.54, 1.807) is 0 Å². The highest BCUT2D eigenvalue weighted by Crippen LogP contribution is 2.30. The van der Waals surface area contributed by atoms with Crippen molar-refractivity contribution >= 4 is 5.91 Å². The van der Waals surface area contributed by atoms with Gasteiger partial charge in [0.1, 0.15) is 5.75 Å². The van der Waals surface area contributed by atoms with Crippen molar-refractivity contribution in [2.75, 3.05) is 6.61 Å². The summed E-state index contributed by atoms with van der Waals surface area (Å²) in [6.45, 7) is -0.0893. The molecule has 0 aliphatic heterocycles. The molecule has 4 nitrogen and oxygen atoms in total. The summed E-state index contributed by atoms with van der Waals surface area (Å²) in [5.41, 5.74) is 13.5. The average molecular weight is 220 g/mol. The lowest BCUT2D eigenvalue weighted by atomic mass is 9.88. The number of carbonyl (C=O) groups is 1. The summed E-state index contributed by atoms with van der Waals surface area (Å²) in [4.78, 5) is 10.6. The van der Waals surface area contributed by atoms with Crippen molar-refractivity contribution in [3.05, 3.63) is 29.3 Å². The first-order chi connectivity index (χ1) is 7.66. The first-order valence-corrected chi connectivity index (χ1v) is 5.46. The third-order valence-corrected chi connectivity index (χ3v) is 2.86. The fraction of sp³-hybridized carbons (Fsp3) is 0.417. The largest absolute Gasteiger partial charge is 0.484 e.